The van der Waals surface area contributed by atoms with Crippen LogP contribution in [-0.2, 0) is 10.0 Å². The molecule has 0 aromatic heterocycles. The Morgan fingerprint density at radius 1 is 0.536 bits per heavy atom. The van der Waals surface area contributed by atoms with Crippen molar-refractivity contribution >= 4 is 27.8 Å². The summed E-state index contributed by atoms with van der Waals surface area (Å²) in [6, 6.07) is 0. The lowest BCUT2D eigenvalue weighted by molar-refractivity contribution is 0.382. The van der Waals surface area contributed by atoms with Crippen molar-refractivity contribution in [3.05, 3.63) is 58.2 Å². The van der Waals surface area contributed by atoms with E-state index in [0.29, 0.717) is 0 Å². The third-order valence-electron chi connectivity index (χ3n) is 3.40. The van der Waals surface area contributed by atoms with Crippen LogP contribution in [0.1, 0.15) is 0 Å². The van der Waals surface area contributed by atoms with Crippen molar-refractivity contribution in [1.82, 2.24) is 4.63 Å². The molecule has 0 bridgehead atoms. The second-order valence-corrected chi connectivity index (χ2v) is 7.07. The first-order chi connectivity index (χ1) is 12.7. The van der Waals surface area contributed by atoms with E-state index in [1.807, 2.05) is 0 Å². The highest BCUT2D eigenvalue weighted by Gasteiger charge is 2.41. The fourth-order valence-corrected chi connectivity index (χ4v) is 2.89. The van der Waals surface area contributed by atoms with Gasteiger partial charge in [0.15, 0.2) is 68.2 Å². The largest absolute Gasteiger partial charge is 0.317 e. The van der Waals surface area contributed by atoms with Gasteiger partial charge >= 0.3 is 6.85 Å². The Kier molecular flexibility index (Phi) is 5.72. The second kappa shape index (κ2) is 7.27. The van der Waals surface area contributed by atoms with E-state index in [1.54, 1.807) is 0 Å². The topological polar surface area (TPSA) is 46.2 Å². The molecular formula is C13H4BF10NO2S. The van der Waals surface area contributed by atoms with Gasteiger partial charge in [0, 0.05) is 10.9 Å². The summed E-state index contributed by atoms with van der Waals surface area (Å²) in [7, 11) is -4.75. The molecule has 0 radical (unpaired) electrons. The van der Waals surface area contributed by atoms with Gasteiger partial charge in [-0.1, -0.05) is 0 Å². The minimum atomic E-state index is -4.75. The molecule has 15 heteroatoms. The van der Waals surface area contributed by atoms with Crippen LogP contribution in [0.3, 0.4) is 0 Å². The summed E-state index contributed by atoms with van der Waals surface area (Å²) in [4.78, 5) is 0. The second-order valence-electron chi connectivity index (χ2n) is 5.29. The Balaban J connectivity index is 3.01. The maximum Gasteiger partial charge on any atom is 0.317 e. The average molecular weight is 439 g/mol. The molecule has 0 unspecified atom stereocenters. The molecule has 0 saturated heterocycles. The van der Waals surface area contributed by atoms with Gasteiger partial charge in [-0.3, -0.25) is 0 Å². The normalized spacial score (nSPS) is 11.8. The number of hydrogen-bond acceptors (Lipinski definition) is 2. The van der Waals surface area contributed by atoms with E-state index >= 15 is 0 Å². The fourth-order valence-electron chi connectivity index (χ4n) is 2.23. The zero-order valence-electron chi connectivity index (χ0n) is 13.1. The van der Waals surface area contributed by atoms with Crippen LogP contribution in [0.25, 0.3) is 0 Å². The first-order valence-electron chi connectivity index (χ1n) is 6.70. The molecule has 28 heavy (non-hydrogen) atoms. The van der Waals surface area contributed by atoms with Gasteiger partial charge < -0.3 is 0 Å². The quantitative estimate of drug-likeness (QED) is 0.342. The van der Waals surface area contributed by atoms with Gasteiger partial charge in [-0.2, -0.15) is 0 Å². The predicted molar refractivity (Wildman–Crippen MR) is 75.5 cm³/mol. The summed E-state index contributed by atoms with van der Waals surface area (Å²) in [5.41, 5.74) is -4.35. The van der Waals surface area contributed by atoms with E-state index in [-0.39, 0.29) is 6.26 Å². The lowest BCUT2D eigenvalue weighted by Crippen LogP contribution is -2.61. The highest BCUT2D eigenvalue weighted by Crippen LogP contribution is 2.20. The lowest BCUT2D eigenvalue weighted by Gasteiger charge is -2.19. The molecule has 0 atom stereocenters. The molecule has 0 saturated carbocycles. The van der Waals surface area contributed by atoms with E-state index in [2.05, 4.69) is 0 Å². The van der Waals surface area contributed by atoms with E-state index in [1.165, 1.54) is 0 Å². The van der Waals surface area contributed by atoms with Crippen LogP contribution in [0.15, 0.2) is 0 Å². The Morgan fingerprint density at radius 2 is 0.750 bits per heavy atom. The summed E-state index contributed by atoms with van der Waals surface area (Å²) >= 11 is 0. The molecule has 2 rings (SSSR count). The van der Waals surface area contributed by atoms with Gasteiger partial charge in [-0.05, 0) is 0 Å². The zero-order chi connectivity index (χ0) is 21.7. The number of hydrogen-bond donors (Lipinski definition) is 1. The number of sulfonamides is 1. The minimum absolute atomic E-state index is 0.234. The van der Waals surface area contributed by atoms with Crippen molar-refractivity contribution in [2.75, 3.05) is 6.26 Å². The number of halogens is 10. The molecule has 0 amide bonds. The summed E-state index contributed by atoms with van der Waals surface area (Å²) in [6.07, 6.45) is 0.234. The van der Waals surface area contributed by atoms with Crippen molar-refractivity contribution in [3.8, 4) is 0 Å². The van der Waals surface area contributed by atoms with E-state index < -0.39 is 86.0 Å². The molecular weight excluding hydrogens is 435 g/mol. The van der Waals surface area contributed by atoms with Crippen LogP contribution in [0.2, 0.25) is 0 Å². The molecule has 0 aliphatic heterocycles. The smallest absolute Gasteiger partial charge is 0.244 e. The summed E-state index contributed by atoms with van der Waals surface area (Å²) < 4.78 is 160. The van der Waals surface area contributed by atoms with Crippen LogP contribution in [0.5, 0.6) is 0 Å². The Bertz CT molecular complexity index is 964. The first kappa shape index (κ1) is 22.0. The summed E-state index contributed by atoms with van der Waals surface area (Å²) in [6.45, 7) is -3.19. The molecule has 2 aromatic rings. The van der Waals surface area contributed by atoms with Crippen LogP contribution >= 0.6 is 0 Å². The molecule has 0 aliphatic carbocycles. The molecule has 0 aliphatic rings. The van der Waals surface area contributed by atoms with Gasteiger partial charge in [0.25, 0.3) is 0 Å². The molecule has 2 aromatic carbocycles. The summed E-state index contributed by atoms with van der Waals surface area (Å²) in [5.74, 6) is -27.0. The van der Waals surface area contributed by atoms with Gasteiger partial charge in [0.05, 0.1) is 6.26 Å². The van der Waals surface area contributed by atoms with Crippen molar-refractivity contribution in [3.63, 3.8) is 0 Å². The highest BCUT2D eigenvalue weighted by atomic mass is 32.2. The highest BCUT2D eigenvalue weighted by molar-refractivity contribution is 7.90. The number of nitrogens with one attached hydrogen (secondary N) is 1. The maximum absolute atomic E-state index is 14.0. The lowest BCUT2D eigenvalue weighted by atomic mass is 9.51. The van der Waals surface area contributed by atoms with Crippen molar-refractivity contribution < 1.29 is 52.3 Å². The van der Waals surface area contributed by atoms with E-state index in [4.69, 9.17) is 0 Å². The zero-order valence-corrected chi connectivity index (χ0v) is 13.9. The Morgan fingerprint density at radius 3 is 0.964 bits per heavy atom. The van der Waals surface area contributed by atoms with Crippen LogP contribution in [0.4, 0.5) is 43.9 Å². The Labute approximate surface area is 150 Å². The SMILES string of the molecule is CS(=O)(=O)NB(c1c(F)c(F)c(F)c(F)c1F)c1c(F)c(F)c(F)c(F)c1F. The molecule has 152 valence electrons. The molecule has 0 spiro atoms. The Hall–Kier alpha value is -2.29. The molecule has 0 fully saturated rings. The molecule has 3 nitrogen and oxygen atoms in total. The van der Waals surface area contributed by atoms with Gasteiger partial charge in [-0.15, -0.1) is 0 Å². The first-order valence-corrected chi connectivity index (χ1v) is 8.59. The van der Waals surface area contributed by atoms with E-state index in [9.17, 15) is 52.3 Å². The van der Waals surface area contributed by atoms with Crippen molar-refractivity contribution in [2.24, 2.45) is 0 Å². The maximum atomic E-state index is 14.0. The van der Waals surface area contributed by atoms with E-state index in [0.717, 1.165) is 4.63 Å². The predicted octanol–water partition coefficient (Wildman–Crippen LogP) is 1.73. The van der Waals surface area contributed by atoms with Gasteiger partial charge in [0.2, 0.25) is 0 Å². The van der Waals surface area contributed by atoms with Crippen LogP contribution < -0.4 is 15.6 Å². The monoisotopic (exact) mass is 439 g/mol. The standard InChI is InChI=1S/C13H4BF10NO2S/c1-28(26,27)25-14(2-4(15)8(19)12(23)9(20)5(2)16)3-6(17)10(21)13(24)11(22)7(3)18/h25H,1H3. The number of benzene rings is 2. The van der Waals surface area contributed by atoms with Crippen molar-refractivity contribution in [1.29, 1.82) is 0 Å². The van der Waals surface area contributed by atoms with Crippen LogP contribution in [-0.4, -0.2) is 21.5 Å². The van der Waals surface area contributed by atoms with Gasteiger partial charge in [-0.25, -0.2) is 57.0 Å². The molecule has 1 N–H and O–H groups in total. The molecule has 0 heterocycles. The third-order valence-corrected chi connectivity index (χ3v) is 4.06. The number of rotatable bonds is 4. The average Bonchev–Trinajstić information content (AvgIpc) is 2.60. The minimum Gasteiger partial charge on any atom is -0.244 e. The van der Waals surface area contributed by atoms with Crippen LogP contribution in [0, 0.1) is 58.2 Å². The summed E-state index contributed by atoms with van der Waals surface area (Å²) in [5, 5.41) is 0. The van der Waals surface area contributed by atoms with Crippen molar-refractivity contribution in [2.45, 2.75) is 0 Å². The fraction of sp³-hybridized carbons (Fsp3) is 0.0769. The van der Waals surface area contributed by atoms with Gasteiger partial charge in [0.1, 0.15) is 0 Å². The third kappa shape index (κ3) is 3.55.